The van der Waals surface area contributed by atoms with Crippen LogP contribution in [0.15, 0.2) is 49.1 Å². The number of esters is 1. The Kier molecular flexibility index (Phi) is 7.98. The number of methoxy groups -OCH3 is 1. The van der Waals surface area contributed by atoms with Gasteiger partial charge in [-0.05, 0) is 18.2 Å². The van der Waals surface area contributed by atoms with Gasteiger partial charge in [0.1, 0.15) is 35.7 Å². The second kappa shape index (κ2) is 11.0. The van der Waals surface area contributed by atoms with Crippen LogP contribution in [0, 0.1) is 17.5 Å². The van der Waals surface area contributed by atoms with Crippen molar-refractivity contribution in [3.8, 4) is 0 Å². The molecule has 0 saturated carbocycles. The molecule has 192 valence electrons. The Morgan fingerprint density at radius 2 is 1.97 bits per heavy atom. The smallest absolute Gasteiger partial charge is 0.337 e. The maximum Gasteiger partial charge on any atom is 0.337 e. The van der Waals surface area contributed by atoms with Crippen molar-refractivity contribution in [2.75, 3.05) is 20.3 Å². The summed E-state index contributed by atoms with van der Waals surface area (Å²) < 4.78 is 60.2. The first-order valence-electron chi connectivity index (χ1n) is 11.0. The summed E-state index contributed by atoms with van der Waals surface area (Å²) in [5.74, 6) is -2.97. The number of aliphatic hydroxyl groups is 1. The fourth-order valence-corrected chi connectivity index (χ4v) is 5.26. The Balaban J connectivity index is 1.46. The molecule has 2 heterocycles. The van der Waals surface area contributed by atoms with Crippen LogP contribution < -0.4 is 0 Å². The zero-order chi connectivity index (χ0) is 25.9. The summed E-state index contributed by atoms with van der Waals surface area (Å²) in [6.45, 7) is 1.90. The highest BCUT2D eigenvalue weighted by Crippen LogP contribution is 2.39. The Labute approximate surface area is 209 Å². The predicted molar refractivity (Wildman–Crippen MR) is 124 cm³/mol. The van der Waals surface area contributed by atoms with Gasteiger partial charge in [-0.3, -0.25) is 0 Å². The van der Waals surface area contributed by atoms with Crippen LogP contribution in [0.3, 0.4) is 0 Å². The topological polar surface area (TPSA) is 95.7 Å². The molecule has 0 unspecified atom stereocenters. The summed E-state index contributed by atoms with van der Waals surface area (Å²) in [7, 11) is 1.21. The van der Waals surface area contributed by atoms with E-state index in [1.54, 1.807) is 6.92 Å². The maximum absolute atomic E-state index is 14.7. The monoisotopic (exact) mass is 523 g/mol. The maximum atomic E-state index is 14.7. The second-order valence-electron chi connectivity index (χ2n) is 8.27. The van der Waals surface area contributed by atoms with E-state index < -0.39 is 40.6 Å². The van der Waals surface area contributed by atoms with Crippen LogP contribution in [0.25, 0.3) is 0 Å². The lowest BCUT2D eigenvalue weighted by Gasteiger charge is -2.37. The number of ether oxygens (including phenoxy) is 3. The standard InChI is InChI=1S/C24H24F3N3O5S/c1-14(24(32,11-30-13-28-12-29-30)19-6-4-16(25)8-21(19)27)36-17-9-34-23(35-10-17)18-5-3-15(7-20(18)26)22(31)33-2/h3-8,12-14,17,23,32H,9-11H2,1-2H3/t14-,17?,23?,24-/m1/s1. The summed E-state index contributed by atoms with van der Waals surface area (Å²) in [4.78, 5) is 15.5. The van der Waals surface area contributed by atoms with E-state index in [2.05, 4.69) is 14.8 Å². The van der Waals surface area contributed by atoms with Crippen molar-refractivity contribution in [3.63, 3.8) is 0 Å². The minimum Gasteiger partial charge on any atom is -0.465 e. The second-order valence-corrected chi connectivity index (χ2v) is 9.91. The molecule has 1 aliphatic heterocycles. The normalized spacial score (nSPS) is 20.5. The van der Waals surface area contributed by atoms with Gasteiger partial charge in [0.25, 0.3) is 0 Å². The number of hydrogen-bond acceptors (Lipinski definition) is 8. The van der Waals surface area contributed by atoms with Crippen molar-refractivity contribution in [2.45, 2.75) is 35.9 Å². The van der Waals surface area contributed by atoms with E-state index in [1.165, 1.54) is 54.4 Å². The summed E-state index contributed by atoms with van der Waals surface area (Å²) >= 11 is 1.29. The molecule has 0 spiro atoms. The summed E-state index contributed by atoms with van der Waals surface area (Å²) in [6, 6.07) is 6.88. The Hall–Kier alpha value is -2.93. The minimum absolute atomic E-state index is 0.0662. The van der Waals surface area contributed by atoms with Crippen LogP contribution in [0.2, 0.25) is 0 Å². The first-order chi connectivity index (χ1) is 17.2. The number of rotatable bonds is 8. The quantitative estimate of drug-likeness (QED) is 0.448. The average molecular weight is 524 g/mol. The van der Waals surface area contributed by atoms with E-state index >= 15 is 0 Å². The summed E-state index contributed by atoms with van der Waals surface area (Å²) in [5, 5.41) is 14.7. The molecule has 1 saturated heterocycles. The van der Waals surface area contributed by atoms with Gasteiger partial charge in [0.2, 0.25) is 0 Å². The molecule has 0 radical (unpaired) electrons. The molecule has 1 fully saturated rings. The third-order valence-corrected chi connectivity index (χ3v) is 7.33. The molecule has 2 aromatic carbocycles. The summed E-state index contributed by atoms with van der Waals surface area (Å²) in [6.07, 6.45) is 1.70. The molecular formula is C24H24F3N3O5S. The largest absolute Gasteiger partial charge is 0.465 e. The molecule has 3 aromatic rings. The molecule has 0 bridgehead atoms. The molecule has 2 atom stereocenters. The first-order valence-corrected chi connectivity index (χ1v) is 11.9. The third kappa shape index (κ3) is 5.56. The van der Waals surface area contributed by atoms with E-state index in [9.17, 15) is 23.1 Å². The molecule has 1 aromatic heterocycles. The van der Waals surface area contributed by atoms with Crippen molar-refractivity contribution < 1.29 is 37.3 Å². The molecule has 8 nitrogen and oxygen atoms in total. The van der Waals surface area contributed by atoms with Crippen LogP contribution in [-0.2, 0) is 26.4 Å². The number of nitrogens with zero attached hydrogens (tertiary/aromatic N) is 3. The number of carbonyl (C=O) groups excluding carboxylic acids is 1. The molecule has 12 heteroatoms. The number of thioether (sulfide) groups is 1. The lowest BCUT2D eigenvalue weighted by atomic mass is 9.90. The van der Waals surface area contributed by atoms with Crippen LogP contribution >= 0.6 is 11.8 Å². The lowest BCUT2D eigenvalue weighted by molar-refractivity contribution is -0.181. The van der Waals surface area contributed by atoms with Gasteiger partial charge in [-0.1, -0.05) is 19.1 Å². The molecule has 4 rings (SSSR count). The fraction of sp³-hybridized carbons (Fsp3) is 0.375. The van der Waals surface area contributed by atoms with Crippen LogP contribution in [-0.4, -0.2) is 56.7 Å². The van der Waals surface area contributed by atoms with Crippen molar-refractivity contribution in [1.82, 2.24) is 14.8 Å². The van der Waals surface area contributed by atoms with E-state index in [1.807, 2.05) is 0 Å². The molecule has 1 N–H and O–H groups in total. The van der Waals surface area contributed by atoms with E-state index in [4.69, 9.17) is 9.47 Å². The highest BCUT2D eigenvalue weighted by molar-refractivity contribution is 8.00. The van der Waals surface area contributed by atoms with Gasteiger partial charge >= 0.3 is 5.97 Å². The van der Waals surface area contributed by atoms with Gasteiger partial charge in [-0.15, -0.1) is 11.8 Å². The molecular weight excluding hydrogens is 499 g/mol. The Morgan fingerprint density at radius 3 is 2.58 bits per heavy atom. The van der Waals surface area contributed by atoms with E-state index in [0.717, 1.165) is 18.2 Å². The number of hydrogen-bond donors (Lipinski definition) is 1. The third-order valence-electron chi connectivity index (χ3n) is 5.88. The van der Waals surface area contributed by atoms with Gasteiger partial charge in [0.15, 0.2) is 6.29 Å². The van der Waals surface area contributed by atoms with Crippen molar-refractivity contribution in [1.29, 1.82) is 0 Å². The van der Waals surface area contributed by atoms with Crippen molar-refractivity contribution in [3.05, 3.63) is 83.2 Å². The van der Waals surface area contributed by atoms with Gasteiger partial charge in [-0.25, -0.2) is 27.6 Å². The van der Waals surface area contributed by atoms with E-state index in [-0.39, 0.29) is 41.7 Å². The van der Waals surface area contributed by atoms with Crippen LogP contribution in [0.4, 0.5) is 13.2 Å². The predicted octanol–water partition coefficient (Wildman–Crippen LogP) is 3.61. The SMILES string of the molecule is COC(=O)c1ccc(C2OCC(S[C@H](C)[C@](O)(Cn3cncn3)c3ccc(F)cc3F)CO2)c(F)c1. The fourth-order valence-electron chi connectivity index (χ4n) is 3.94. The van der Waals surface area contributed by atoms with Gasteiger partial charge < -0.3 is 19.3 Å². The Bertz CT molecular complexity index is 1210. The van der Waals surface area contributed by atoms with E-state index in [0.29, 0.717) is 0 Å². The van der Waals surface area contributed by atoms with Crippen molar-refractivity contribution >= 4 is 17.7 Å². The molecule has 36 heavy (non-hydrogen) atoms. The van der Waals surface area contributed by atoms with Crippen LogP contribution in [0.1, 0.15) is 34.7 Å². The number of aromatic nitrogens is 3. The van der Waals surface area contributed by atoms with Gasteiger partial charge in [-0.2, -0.15) is 5.10 Å². The highest BCUT2D eigenvalue weighted by Gasteiger charge is 2.41. The Morgan fingerprint density at radius 1 is 1.22 bits per heavy atom. The van der Waals surface area contributed by atoms with Gasteiger partial charge in [0.05, 0.1) is 37.7 Å². The molecule has 1 aliphatic rings. The minimum atomic E-state index is -1.77. The zero-order valence-electron chi connectivity index (χ0n) is 19.4. The number of benzene rings is 2. The highest BCUT2D eigenvalue weighted by atomic mass is 32.2. The van der Waals surface area contributed by atoms with Gasteiger partial charge in [0, 0.05) is 22.4 Å². The van der Waals surface area contributed by atoms with Crippen LogP contribution in [0.5, 0.6) is 0 Å². The molecule has 0 aliphatic carbocycles. The van der Waals surface area contributed by atoms with Crippen molar-refractivity contribution in [2.24, 2.45) is 0 Å². The summed E-state index contributed by atoms with van der Waals surface area (Å²) in [5.41, 5.74) is -1.66. The molecule has 0 amide bonds. The first kappa shape index (κ1) is 26.1. The average Bonchev–Trinajstić information content (AvgIpc) is 3.36. The number of halogens is 3. The zero-order valence-corrected chi connectivity index (χ0v) is 20.3. The lowest BCUT2D eigenvalue weighted by Crippen LogP contribution is -2.43. The number of carbonyl (C=O) groups is 1.